The average molecular weight is 362 g/mol. The van der Waals surface area contributed by atoms with Crippen LogP contribution in [-0.2, 0) is 4.79 Å². The Labute approximate surface area is 153 Å². The maximum absolute atomic E-state index is 13.1. The van der Waals surface area contributed by atoms with Gasteiger partial charge in [-0.2, -0.15) is 4.80 Å². The summed E-state index contributed by atoms with van der Waals surface area (Å²) in [5.74, 6) is -0.00162. The molecule has 2 aromatic carbocycles. The first kappa shape index (κ1) is 16.7. The Morgan fingerprint density at radius 3 is 2.59 bits per heavy atom. The summed E-state index contributed by atoms with van der Waals surface area (Å²) in [7, 11) is 0. The monoisotopic (exact) mass is 362 g/mol. The number of benzene rings is 2. The fraction of sp³-hybridized carbons (Fsp3) is 0.0500. The molecule has 7 heteroatoms. The van der Waals surface area contributed by atoms with Gasteiger partial charge in [-0.05, 0) is 67.1 Å². The summed E-state index contributed by atoms with van der Waals surface area (Å²) in [4.78, 5) is 13.6. The molecule has 0 aliphatic rings. The Hall–Kier alpha value is -3.74. The molecule has 0 aliphatic heterocycles. The van der Waals surface area contributed by atoms with Crippen molar-refractivity contribution in [3.63, 3.8) is 0 Å². The van der Waals surface area contributed by atoms with Gasteiger partial charge < -0.3 is 9.73 Å². The van der Waals surface area contributed by atoms with E-state index in [1.807, 2.05) is 13.0 Å². The zero-order valence-corrected chi connectivity index (χ0v) is 14.4. The molecule has 134 valence electrons. The summed E-state index contributed by atoms with van der Waals surface area (Å²) >= 11 is 0. The van der Waals surface area contributed by atoms with E-state index in [1.54, 1.807) is 42.7 Å². The van der Waals surface area contributed by atoms with Crippen LogP contribution in [0.3, 0.4) is 0 Å². The lowest BCUT2D eigenvalue weighted by molar-refractivity contribution is -0.111. The third-order valence-corrected chi connectivity index (χ3v) is 3.98. The van der Waals surface area contributed by atoms with Crippen LogP contribution in [0.4, 0.5) is 10.1 Å². The van der Waals surface area contributed by atoms with Gasteiger partial charge in [-0.3, -0.25) is 4.79 Å². The Balaban J connectivity index is 1.59. The van der Waals surface area contributed by atoms with E-state index in [2.05, 4.69) is 15.5 Å². The zero-order chi connectivity index (χ0) is 18.8. The number of hydrogen-bond acceptors (Lipinski definition) is 4. The van der Waals surface area contributed by atoms with Gasteiger partial charge in [0.2, 0.25) is 5.91 Å². The van der Waals surface area contributed by atoms with Crippen LogP contribution in [0, 0.1) is 12.7 Å². The number of furan rings is 1. The van der Waals surface area contributed by atoms with Crippen molar-refractivity contribution in [2.24, 2.45) is 0 Å². The summed E-state index contributed by atoms with van der Waals surface area (Å²) in [6, 6.07) is 13.0. The van der Waals surface area contributed by atoms with Gasteiger partial charge in [0.05, 0.1) is 12.0 Å². The van der Waals surface area contributed by atoms with Crippen molar-refractivity contribution >= 4 is 28.7 Å². The fourth-order valence-electron chi connectivity index (χ4n) is 2.61. The second-order valence-electron chi connectivity index (χ2n) is 5.96. The van der Waals surface area contributed by atoms with Gasteiger partial charge in [0.25, 0.3) is 0 Å². The Bertz CT molecular complexity index is 1130. The molecule has 0 aliphatic carbocycles. The smallest absolute Gasteiger partial charge is 0.248 e. The van der Waals surface area contributed by atoms with E-state index in [9.17, 15) is 9.18 Å². The SMILES string of the molecule is Cc1cc2nn(-c3ccc(F)cc3)nc2cc1NC(=O)/C=C/c1ccco1. The highest BCUT2D eigenvalue weighted by atomic mass is 19.1. The molecule has 4 rings (SSSR count). The van der Waals surface area contributed by atoms with Crippen molar-refractivity contribution in [2.75, 3.05) is 5.32 Å². The first-order valence-electron chi connectivity index (χ1n) is 8.25. The minimum absolute atomic E-state index is 0.278. The maximum Gasteiger partial charge on any atom is 0.248 e. The van der Waals surface area contributed by atoms with Gasteiger partial charge in [-0.25, -0.2) is 4.39 Å². The second kappa shape index (κ2) is 6.87. The summed E-state index contributed by atoms with van der Waals surface area (Å²) in [6.45, 7) is 1.88. The summed E-state index contributed by atoms with van der Waals surface area (Å²) in [6.07, 6.45) is 4.53. The highest BCUT2D eigenvalue weighted by Gasteiger charge is 2.10. The van der Waals surface area contributed by atoms with E-state index in [-0.39, 0.29) is 11.7 Å². The number of nitrogens with one attached hydrogen (secondary N) is 1. The lowest BCUT2D eigenvalue weighted by atomic mass is 10.1. The van der Waals surface area contributed by atoms with Crippen LogP contribution in [0.2, 0.25) is 0 Å². The molecule has 1 N–H and O–H groups in total. The van der Waals surface area contributed by atoms with Gasteiger partial charge in [-0.15, -0.1) is 10.2 Å². The molecule has 0 spiro atoms. The maximum atomic E-state index is 13.1. The fourth-order valence-corrected chi connectivity index (χ4v) is 2.61. The predicted molar refractivity (Wildman–Crippen MR) is 99.9 cm³/mol. The van der Waals surface area contributed by atoms with E-state index < -0.39 is 0 Å². The van der Waals surface area contributed by atoms with Gasteiger partial charge >= 0.3 is 0 Å². The first-order valence-corrected chi connectivity index (χ1v) is 8.25. The number of amides is 1. The lowest BCUT2D eigenvalue weighted by Crippen LogP contribution is -2.08. The molecule has 0 saturated carbocycles. The zero-order valence-electron chi connectivity index (χ0n) is 14.4. The van der Waals surface area contributed by atoms with E-state index in [0.29, 0.717) is 28.2 Å². The van der Waals surface area contributed by atoms with Gasteiger partial charge in [0, 0.05) is 11.8 Å². The molecular formula is C20H15FN4O2. The van der Waals surface area contributed by atoms with Crippen molar-refractivity contribution in [2.45, 2.75) is 6.92 Å². The van der Waals surface area contributed by atoms with Crippen LogP contribution < -0.4 is 5.32 Å². The summed E-state index contributed by atoms with van der Waals surface area (Å²) < 4.78 is 18.2. The number of aryl methyl sites for hydroxylation is 1. The van der Waals surface area contributed by atoms with Crippen molar-refractivity contribution in [1.29, 1.82) is 0 Å². The predicted octanol–water partition coefficient (Wildman–Crippen LogP) is 4.11. The molecule has 2 heterocycles. The van der Waals surface area contributed by atoms with E-state index in [0.717, 1.165) is 5.56 Å². The van der Waals surface area contributed by atoms with Gasteiger partial charge in [0.1, 0.15) is 22.6 Å². The minimum atomic E-state index is -0.320. The highest BCUT2D eigenvalue weighted by molar-refractivity contribution is 6.03. The number of halogens is 1. The molecule has 0 saturated heterocycles. The summed E-state index contributed by atoms with van der Waals surface area (Å²) in [5, 5.41) is 11.6. The average Bonchev–Trinajstić information content (AvgIpc) is 3.30. The molecule has 0 atom stereocenters. The third kappa shape index (κ3) is 3.62. The number of fused-ring (bicyclic) bond motifs is 1. The second-order valence-corrected chi connectivity index (χ2v) is 5.96. The molecule has 2 aromatic heterocycles. The van der Waals surface area contributed by atoms with Crippen LogP contribution in [0.25, 0.3) is 22.8 Å². The van der Waals surface area contributed by atoms with Crippen LogP contribution in [0.5, 0.6) is 0 Å². The van der Waals surface area contributed by atoms with Crippen LogP contribution in [0.1, 0.15) is 11.3 Å². The Morgan fingerprint density at radius 2 is 1.89 bits per heavy atom. The number of hydrogen-bond donors (Lipinski definition) is 1. The lowest BCUT2D eigenvalue weighted by Gasteiger charge is -2.05. The molecule has 0 fully saturated rings. The molecule has 0 bridgehead atoms. The van der Waals surface area contributed by atoms with Crippen LogP contribution in [-0.4, -0.2) is 20.9 Å². The third-order valence-electron chi connectivity index (χ3n) is 3.98. The van der Waals surface area contributed by atoms with Crippen LogP contribution >= 0.6 is 0 Å². The number of rotatable bonds is 4. The molecule has 4 aromatic rings. The van der Waals surface area contributed by atoms with Gasteiger partial charge in [-0.1, -0.05) is 0 Å². The van der Waals surface area contributed by atoms with Gasteiger partial charge in [0.15, 0.2) is 0 Å². The minimum Gasteiger partial charge on any atom is -0.465 e. The van der Waals surface area contributed by atoms with E-state index >= 15 is 0 Å². The molecule has 0 radical (unpaired) electrons. The quantitative estimate of drug-likeness (QED) is 0.555. The normalized spacial score (nSPS) is 11.3. The summed E-state index contributed by atoms with van der Waals surface area (Å²) in [5.41, 5.74) is 3.45. The Morgan fingerprint density at radius 1 is 1.15 bits per heavy atom. The van der Waals surface area contributed by atoms with Crippen molar-refractivity contribution in [1.82, 2.24) is 15.0 Å². The molecular weight excluding hydrogens is 347 g/mol. The Kier molecular flexibility index (Phi) is 4.25. The van der Waals surface area contributed by atoms with Crippen molar-refractivity contribution in [3.8, 4) is 5.69 Å². The van der Waals surface area contributed by atoms with E-state index in [4.69, 9.17) is 4.42 Å². The van der Waals surface area contributed by atoms with E-state index in [1.165, 1.54) is 23.0 Å². The highest BCUT2D eigenvalue weighted by Crippen LogP contribution is 2.22. The topological polar surface area (TPSA) is 73.0 Å². The van der Waals surface area contributed by atoms with Crippen molar-refractivity contribution < 1.29 is 13.6 Å². The number of aromatic nitrogens is 3. The number of nitrogens with zero attached hydrogens (tertiary/aromatic N) is 3. The number of carbonyl (C=O) groups excluding carboxylic acids is 1. The molecule has 1 amide bonds. The van der Waals surface area contributed by atoms with Crippen LogP contribution in [0.15, 0.2) is 65.3 Å². The first-order chi connectivity index (χ1) is 13.1. The molecule has 27 heavy (non-hydrogen) atoms. The molecule has 6 nitrogen and oxygen atoms in total. The number of carbonyl (C=O) groups is 1. The number of anilines is 1. The molecule has 0 unspecified atom stereocenters. The standard InChI is InChI=1S/C20H15FN4O2/c1-13-11-18-19(24-25(23-18)15-6-4-14(21)5-7-15)12-17(13)22-20(26)9-8-16-3-2-10-27-16/h2-12H,1H3,(H,22,26)/b9-8+. The largest absolute Gasteiger partial charge is 0.465 e. The van der Waals surface area contributed by atoms with Crippen molar-refractivity contribution in [3.05, 3.63) is 78.0 Å².